The van der Waals surface area contributed by atoms with E-state index in [0.717, 1.165) is 18.4 Å². The second-order valence-electron chi connectivity index (χ2n) is 7.24. The first kappa shape index (κ1) is 14.1. The zero-order valence-corrected chi connectivity index (χ0v) is 12.3. The lowest BCUT2D eigenvalue weighted by Crippen LogP contribution is -2.48. The molecule has 2 N–H and O–H groups in total. The molecule has 0 heterocycles. The van der Waals surface area contributed by atoms with Crippen LogP contribution < -0.4 is 0 Å². The minimum atomic E-state index is -0.660. The molecule has 2 heteroatoms. The summed E-state index contributed by atoms with van der Waals surface area (Å²) in [6.45, 7) is 9.06. The standard InChI is InChI=1S/C16H28O2/c1-11-6-7-13-15(2,3)8-5-9-16(13,4)14(11)12(18)10-17/h12-13,17-18H,5-10H2,1-4H3/t12?,13-,16-/m0/s1. The van der Waals surface area contributed by atoms with Crippen molar-refractivity contribution in [3.05, 3.63) is 11.1 Å². The lowest BCUT2D eigenvalue weighted by Gasteiger charge is -2.55. The predicted octanol–water partition coefficient (Wildman–Crippen LogP) is 3.28. The fourth-order valence-electron chi connectivity index (χ4n) is 4.89. The Morgan fingerprint density at radius 3 is 2.56 bits per heavy atom. The zero-order valence-electron chi connectivity index (χ0n) is 12.3. The minimum absolute atomic E-state index is 0.0895. The fraction of sp³-hybridized carbons (Fsp3) is 0.875. The minimum Gasteiger partial charge on any atom is -0.393 e. The maximum absolute atomic E-state index is 10.2. The van der Waals surface area contributed by atoms with Gasteiger partial charge in [-0.1, -0.05) is 32.8 Å². The van der Waals surface area contributed by atoms with Crippen molar-refractivity contribution in [1.82, 2.24) is 0 Å². The van der Waals surface area contributed by atoms with Crippen molar-refractivity contribution in [2.24, 2.45) is 16.7 Å². The van der Waals surface area contributed by atoms with Crippen LogP contribution in [0.3, 0.4) is 0 Å². The van der Waals surface area contributed by atoms with Crippen molar-refractivity contribution >= 4 is 0 Å². The Morgan fingerprint density at radius 1 is 1.28 bits per heavy atom. The summed E-state index contributed by atoms with van der Waals surface area (Å²) < 4.78 is 0. The van der Waals surface area contributed by atoms with E-state index in [-0.39, 0.29) is 12.0 Å². The number of rotatable bonds is 2. The van der Waals surface area contributed by atoms with E-state index in [1.807, 2.05) is 0 Å². The molecule has 1 fully saturated rings. The zero-order chi connectivity index (χ0) is 13.6. The van der Waals surface area contributed by atoms with Gasteiger partial charge in [-0.25, -0.2) is 0 Å². The van der Waals surface area contributed by atoms with E-state index in [2.05, 4.69) is 27.7 Å². The maximum Gasteiger partial charge on any atom is 0.0988 e. The van der Waals surface area contributed by atoms with Crippen molar-refractivity contribution < 1.29 is 10.2 Å². The summed E-state index contributed by atoms with van der Waals surface area (Å²) in [5.74, 6) is 0.638. The molecule has 2 nitrogen and oxygen atoms in total. The fourth-order valence-corrected chi connectivity index (χ4v) is 4.89. The molecule has 0 bridgehead atoms. The molecule has 0 aromatic heterocycles. The highest BCUT2D eigenvalue weighted by molar-refractivity contribution is 5.30. The summed E-state index contributed by atoms with van der Waals surface area (Å²) in [6.07, 6.45) is 5.33. The molecule has 0 saturated heterocycles. The van der Waals surface area contributed by atoms with Gasteiger partial charge in [0.05, 0.1) is 12.7 Å². The smallest absolute Gasteiger partial charge is 0.0988 e. The van der Waals surface area contributed by atoms with Gasteiger partial charge in [0, 0.05) is 0 Å². The molecule has 1 unspecified atom stereocenters. The van der Waals surface area contributed by atoms with Gasteiger partial charge in [0.25, 0.3) is 0 Å². The summed E-state index contributed by atoms with van der Waals surface area (Å²) >= 11 is 0. The Labute approximate surface area is 111 Å². The van der Waals surface area contributed by atoms with Gasteiger partial charge >= 0.3 is 0 Å². The summed E-state index contributed by atoms with van der Waals surface area (Å²) in [6, 6.07) is 0. The Balaban J connectivity index is 2.45. The van der Waals surface area contributed by atoms with Gasteiger partial charge < -0.3 is 10.2 Å². The molecule has 0 amide bonds. The molecule has 0 radical (unpaired) electrons. The van der Waals surface area contributed by atoms with Gasteiger partial charge in [-0.3, -0.25) is 0 Å². The molecule has 3 atom stereocenters. The molecule has 2 rings (SSSR count). The van der Waals surface area contributed by atoms with Gasteiger partial charge in [0.2, 0.25) is 0 Å². The number of hydrogen-bond donors (Lipinski definition) is 2. The summed E-state index contributed by atoms with van der Waals surface area (Å²) in [5.41, 5.74) is 2.91. The number of allylic oxidation sites excluding steroid dienone is 1. The lowest BCUT2D eigenvalue weighted by atomic mass is 9.49. The summed E-state index contributed by atoms with van der Waals surface area (Å²) in [4.78, 5) is 0. The first-order valence-electron chi connectivity index (χ1n) is 7.32. The van der Waals surface area contributed by atoms with Crippen LogP contribution in [0.4, 0.5) is 0 Å². The van der Waals surface area contributed by atoms with Crippen molar-refractivity contribution in [2.45, 2.75) is 65.9 Å². The van der Waals surface area contributed by atoms with Crippen molar-refractivity contribution in [3.63, 3.8) is 0 Å². The highest BCUT2D eigenvalue weighted by Crippen LogP contribution is 2.59. The van der Waals surface area contributed by atoms with E-state index in [1.165, 1.54) is 24.8 Å². The number of fused-ring (bicyclic) bond motifs is 1. The average molecular weight is 252 g/mol. The topological polar surface area (TPSA) is 40.5 Å². The molecule has 2 aliphatic carbocycles. The van der Waals surface area contributed by atoms with Crippen LogP contribution in [0.2, 0.25) is 0 Å². The van der Waals surface area contributed by atoms with Crippen molar-refractivity contribution in [2.75, 3.05) is 6.61 Å². The van der Waals surface area contributed by atoms with E-state index >= 15 is 0 Å². The third-order valence-corrected chi connectivity index (χ3v) is 5.62. The quantitative estimate of drug-likeness (QED) is 0.740. The third-order valence-electron chi connectivity index (χ3n) is 5.62. The molecule has 1 saturated carbocycles. The maximum atomic E-state index is 10.2. The Kier molecular flexibility index (Phi) is 3.63. The van der Waals surface area contributed by atoms with Gasteiger partial charge in [-0.05, 0) is 54.9 Å². The van der Waals surface area contributed by atoms with Gasteiger partial charge in [-0.2, -0.15) is 0 Å². The molecule has 104 valence electrons. The predicted molar refractivity (Wildman–Crippen MR) is 74.3 cm³/mol. The van der Waals surface area contributed by atoms with Crippen LogP contribution in [0.15, 0.2) is 11.1 Å². The number of aliphatic hydroxyl groups excluding tert-OH is 2. The molecule has 2 aliphatic rings. The molecular weight excluding hydrogens is 224 g/mol. The van der Waals surface area contributed by atoms with Crippen LogP contribution in [-0.2, 0) is 0 Å². The number of hydrogen-bond acceptors (Lipinski definition) is 2. The normalized spacial score (nSPS) is 37.3. The molecule has 0 spiro atoms. The van der Waals surface area contributed by atoms with Crippen molar-refractivity contribution in [3.8, 4) is 0 Å². The second-order valence-corrected chi connectivity index (χ2v) is 7.24. The van der Waals surface area contributed by atoms with Crippen LogP contribution >= 0.6 is 0 Å². The van der Waals surface area contributed by atoms with Crippen LogP contribution in [0, 0.1) is 16.7 Å². The van der Waals surface area contributed by atoms with E-state index in [4.69, 9.17) is 0 Å². The monoisotopic (exact) mass is 252 g/mol. The Bertz CT molecular complexity index is 356. The van der Waals surface area contributed by atoms with Crippen LogP contribution in [0.1, 0.15) is 59.8 Å². The van der Waals surface area contributed by atoms with E-state index in [1.54, 1.807) is 0 Å². The van der Waals surface area contributed by atoms with Crippen molar-refractivity contribution in [1.29, 1.82) is 0 Å². The summed E-state index contributed by atoms with van der Waals surface area (Å²) in [5, 5.41) is 19.6. The molecule has 18 heavy (non-hydrogen) atoms. The van der Waals surface area contributed by atoms with E-state index in [0.29, 0.717) is 11.3 Å². The summed E-state index contributed by atoms with van der Waals surface area (Å²) in [7, 11) is 0. The first-order valence-corrected chi connectivity index (χ1v) is 7.32. The second kappa shape index (κ2) is 4.64. The van der Waals surface area contributed by atoms with Crippen LogP contribution in [0.25, 0.3) is 0 Å². The van der Waals surface area contributed by atoms with Gasteiger partial charge in [0.15, 0.2) is 0 Å². The van der Waals surface area contributed by atoms with Crippen LogP contribution in [-0.4, -0.2) is 22.9 Å². The highest BCUT2D eigenvalue weighted by atomic mass is 16.3. The first-order chi connectivity index (χ1) is 8.33. The van der Waals surface area contributed by atoms with Gasteiger partial charge in [-0.15, -0.1) is 0 Å². The lowest BCUT2D eigenvalue weighted by molar-refractivity contribution is -0.0110. The highest BCUT2D eigenvalue weighted by Gasteiger charge is 2.51. The Hall–Kier alpha value is -0.340. The SMILES string of the molecule is CC1=C(C(O)CO)[C@@]2(C)CCCC(C)(C)[C@@H]2CC1. The number of aliphatic hydroxyl groups is 2. The van der Waals surface area contributed by atoms with E-state index < -0.39 is 6.10 Å². The van der Waals surface area contributed by atoms with Gasteiger partial charge in [0.1, 0.15) is 0 Å². The largest absolute Gasteiger partial charge is 0.393 e. The average Bonchev–Trinajstić information content (AvgIpc) is 2.26. The third kappa shape index (κ3) is 2.04. The Morgan fingerprint density at radius 2 is 1.94 bits per heavy atom. The molecular formula is C16H28O2. The molecule has 0 aromatic carbocycles. The van der Waals surface area contributed by atoms with E-state index in [9.17, 15) is 10.2 Å². The molecule has 0 aliphatic heterocycles. The van der Waals surface area contributed by atoms with Crippen LogP contribution in [0.5, 0.6) is 0 Å². The molecule has 0 aromatic rings.